The van der Waals surface area contributed by atoms with Gasteiger partial charge in [0.05, 0.1) is 0 Å². The van der Waals surface area contributed by atoms with Crippen LogP contribution >= 0.6 is 0 Å². The smallest absolute Gasteiger partial charge is 0.268 e. The van der Waals surface area contributed by atoms with E-state index in [0.717, 1.165) is 16.3 Å². The van der Waals surface area contributed by atoms with Crippen LogP contribution in [0.2, 0.25) is 0 Å². The molecule has 2 N–H and O–H groups in total. The molecule has 0 radical (unpaired) electrons. The predicted molar refractivity (Wildman–Crippen MR) is 91.5 cm³/mol. The highest BCUT2D eigenvalue weighted by atomic mass is 16.2. The number of rotatable bonds is 3. The lowest BCUT2D eigenvalue weighted by atomic mass is 10.00. The molecular formula is C19H20N2O2. The Balaban J connectivity index is 1.91. The Kier molecular flexibility index (Phi) is 4.15. The Bertz CT molecular complexity index is 788. The molecule has 4 nitrogen and oxygen atoms in total. The fourth-order valence-corrected chi connectivity index (χ4v) is 2.85. The highest BCUT2D eigenvalue weighted by Crippen LogP contribution is 2.21. The first-order chi connectivity index (χ1) is 11.0. The van der Waals surface area contributed by atoms with E-state index in [2.05, 4.69) is 10.6 Å². The van der Waals surface area contributed by atoms with Crippen molar-refractivity contribution in [3.63, 3.8) is 0 Å². The topological polar surface area (TPSA) is 58.2 Å². The number of amides is 2. The molecule has 0 spiro atoms. The number of piperazine rings is 1. The Hall–Kier alpha value is -2.62. The molecule has 4 heteroatoms. The lowest BCUT2D eigenvalue weighted by Crippen LogP contribution is -2.55. The normalized spacial score (nSPS) is 20.0. The van der Waals surface area contributed by atoms with Gasteiger partial charge in [0.1, 0.15) is 11.7 Å². The Morgan fingerprint density at radius 2 is 1.83 bits per heavy atom. The number of carbonyl (C=O) groups is 2. The number of hydrogen-bond acceptors (Lipinski definition) is 2. The summed E-state index contributed by atoms with van der Waals surface area (Å²) in [6.45, 7) is 4.06. The minimum Gasteiger partial charge on any atom is -0.339 e. The Labute approximate surface area is 135 Å². The summed E-state index contributed by atoms with van der Waals surface area (Å²) in [5, 5.41) is 7.69. The van der Waals surface area contributed by atoms with Crippen LogP contribution in [0, 0.1) is 5.92 Å². The Morgan fingerprint density at radius 1 is 1.09 bits per heavy atom. The van der Waals surface area contributed by atoms with Crippen LogP contribution in [0.4, 0.5) is 0 Å². The number of nitrogens with one attached hydrogen (secondary N) is 2. The van der Waals surface area contributed by atoms with Crippen LogP contribution in [0.1, 0.15) is 25.8 Å². The molecule has 3 rings (SSSR count). The van der Waals surface area contributed by atoms with Crippen LogP contribution in [0.5, 0.6) is 0 Å². The fraction of sp³-hybridized carbons (Fsp3) is 0.263. The number of carbonyl (C=O) groups excluding carboxylic acids is 2. The number of fused-ring (bicyclic) bond motifs is 1. The van der Waals surface area contributed by atoms with E-state index in [9.17, 15) is 9.59 Å². The van der Waals surface area contributed by atoms with Crippen molar-refractivity contribution in [2.24, 2.45) is 5.92 Å². The number of hydrogen-bond donors (Lipinski definition) is 2. The summed E-state index contributed by atoms with van der Waals surface area (Å²) in [7, 11) is 0. The average molecular weight is 308 g/mol. The maximum atomic E-state index is 12.3. The largest absolute Gasteiger partial charge is 0.339 e. The second kappa shape index (κ2) is 6.24. The summed E-state index contributed by atoms with van der Waals surface area (Å²) in [6.07, 6.45) is 2.38. The average Bonchev–Trinajstić information content (AvgIpc) is 2.52. The van der Waals surface area contributed by atoms with E-state index in [0.29, 0.717) is 18.0 Å². The van der Waals surface area contributed by atoms with Crippen molar-refractivity contribution >= 4 is 28.7 Å². The molecule has 1 fully saturated rings. The van der Waals surface area contributed by atoms with Gasteiger partial charge in [-0.1, -0.05) is 56.3 Å². The lowest BCUT2D eigenvalue weighted by molar-refractivity contribution is -0.131. The van der Waals surface area contributed by atoms with Gasteiger partial charge in [-0.2, -0.15) is 0 Å². The van der Waals surface area contributed by atoms with Crippen LogP contribution in [-0.4, -0.2) is 17.9 Å². The third-order valence-electron chi connectivity index (χ3n) is 3.95. The van der Waals surface area contributed by atoms with E-state index in [-0.39, 0.29) is 11.8 Å². The van der Waals surface area contributed by atoms with Crippen LogP contribution in [-0.2, 0) is 9.59 Å². The zero-order chi connectivity index (χ0) is 16.4. The first-order valence-corrected chi connectivity index (χ1v) is 7.86. The van der Waals surface area contributed by atoms with Gasteiger partial charge in [0, 0.05) is 0 Å². The standard InChI is InChI=1S/C19H20N2O2/c1-12(2)10-16-18(22)21-17(19(23)20-16)11-14-8-5-7-13-6-3-4-9-15(13)14/h3-9,11-12,16H,10H2,1-2H3,(H,20,23)(H,21,22)/t16-/m0/s1. The minimum absolute atomic E-state index is 0.148. The summed E-state index contributed by atoms with van der Waals surface area (Å²) < 4.78 is 0. The molecule has 2 aromatic carbocycles. The molecule has 0 bridgehead atoms. The maximum absolute atomic E-state index is 12.3. The van der Waals surface area contributed by atoms with Gasteiger partial charge in [-0.25, -0.2) is 0 Å². The molecule has 1 aliphatic heterocycles. The first kappa shape index (κ1) is 15.3. The van der Waals surface area contributed by atoms with Gasteiger partial charge in [0.2, 0.25) is 5.91 Å². The van der Waals surface area contributed by atoms with Gasteiger partial charge in [-0.15, -0.1) is 0 Å². The maximum Gasteiger partial charge on any atom is 0.268 e. The van der Waals surface area contributed by atoms with E-state index in [4.69, 9.17) is 0 Å². The second-order valence-electron chi connectivity index (χ2n) is 6.27. The molecule has 2 aromatic rings. The summed E-state index contributed by atoms with van der Waals surface area (Å²) in [5.41, 5.74) is 1.21. The lowest BCUT2D eigenvalue weighted by Gasteiger charge is -2.26. The quantitative estimate of drug-likeness (QED) is 0.857. The second-order valence-corrected chi connectivity index (χ2v) is 6.27. The predicted octanol–water partition coefficient (Wildman–Crippen LogP) is 2.84. The van der Waals surface area contributed by atoms with Crippen LogP contribution < -0.4 is 10.6 Å². The van der Waals surface area contributed by atoms with E-state index >= 15 is 0 Å². The SMILES string of the molecule is CC(C)C[C@@H]1NC(=O)C(=Cc2cccc3ccccc23)NC1=O. The van der Waals surface area contributed by atoms with Crippen molar-refractivity contribution < 1.29 is 9.59 Å². The molecule has 118 valence electrons. The van der Waals surface area contributed by atoms with E-state index in [1.807, 2.05) is 56.3 Å². The van der Waals surface area contributed by atoms with Crippen molar-refractivity contribution in [2.75, 3.05) is 0 Å². The van der Waals surface area contributed by atoms with E-state index < -0.39 is 6.04 Å². The zero-order valence-electron chi connectivity index (χ0n) is 13.3. The monoisotopic (exact) mass is 308 g/mol. The van der Waals surface area contributed by atoms with Crippen LogP contribution in [0.3, 0.4) is 0 Å². The van der Waals surface area contributed by atoms with Crippen LogP contribution in [0.25, 0.3) is 16.8 Å². The van der Waals surface area contributed by atoms with Gasteiger partial charge in [-0.05, 0) is 34.8 Å². The van der Waals surface area contributed by atoms with E-state index in [1.165, 1.54) is 0 Å². The molecule has 0 aromatic heterocycles. The van der Waals surface area contributed by atoms with E-state index in [1.54, 1.807) is 6.08 Å². The van der Waals surface area contributed by atoms with Gasteiger partial charge >= 0.3 is 0 Å². The fourth-order valence-electron chi connectivity index (χ4n) is 2.85. The van der Waals surface area contributed by atoms with Gasteiger partial charge in [0.25, 0.3) is 5.91 Å². The highest BCUT2D eigenvalue weighted by Gasteiger charge is 2.30. The molecule has 23 heavy (non-hydrogen) atoms. The molecular weight excluding hydrogens is 288 g/mol. The molecule has 0 aliphatic carbocycles. The van der Waals surface area contributed by atoms with Crippen molar-refractivity contribution in [1.29, 1.82) is 0 Å². The summed E-state index contributed by atoms with van der Waals surface area (Å²) >= 11 is 0. The zero-order valence-corrected chi connectivity index (χ0v) is 13.3. The summed E-state index contributed by atoms with van der Waals surface area (Å²) in [5.74, 6) is -0.0392. The molecule has 1 heterocycles. The van der Waals surface area contributed by atoms with Crippen molar-refractivity contribution in [3.05, 3.63) is 53.7 Å². The molecule has 0 saturated carbocycles. The summed E-state index contributed by atoms with van der Waals surface area (Å²) in [6, 6.07) is 13.4. The first-order valence-electron chi connectivity index (χ1n) is 7.86. The Morgan fingerprint density at radius 3 is 2.61 bits per heavy atom. The molecule has 1 aliphatic rings. The van der Waals surface area contributed by atoms with Crippen molar-refractivity contribution in [3.8, 4) is 0 Å². The molecule has 1 atom stereocenters. The molecule has 2 amide bonds. The van der Waals surface area contributed by atoms with Gasteiger partial charge in [-0.3, -0.25) is 9.59 Å². The summed E-state index contributed by atoms with van der Waals surface area (Å²) in [4.78, 5) is 24.5. The van der Waals surface area contributed by atoms with Crippen molar-refractivity contribution in [1.82, 2.24) is 10.6 Å². The number of benzene rings is 2. The van der Waals surface area contributed by atoms with Crippen LogP contribution in [0.15, 0.2) is 48.2 Å². The molecule has 0 unspecified atom stereocenters. The minimum atomic E-state index is -0.452. The van der Waals surface area contributed by atoms with Gasteiger partial charge < -0.3 is 10.6 Å². The third kappa shape index (κ3) is 3.26. The molecule has 1 saturated heterocycles. The third-order valence-corrected chi connectivity index (χ3v) is 3.95. The highest BCUT2D eigenvalue weighted by molar-refractivity contribution is 6.08. The van der Waals surface area contributed by atoms with Crippen molar-refractivity contribution in [2.45, 2.75) is 26.3 Å². The van der Waals surface area contributed by atoms with Gasteiger partial charge in [0.15, 0.2) is 0 Å².